The normalized spacial score (nSPS) is 10.8. The molecular formula is C20H28. The molecule has 1 aromatic rings. The van der Waals surface area contributed by atoms with Gasteiger partial charge in [-0.05, 0) is 50.8 Å². The van der Waals surface area contributed by atoms with Gasteiger partial charge in [-0.2, -0.15) is 0 Å². The molecule has 0 aliphatic carbocycles. The van der Waals surface area contributed by atoms with E-state index in [1.165, 1.54) is 22.3 Å². The first-order valence-corrected chi connectivity index (χ1v) is 7.19. The van der Waals surface area contributed by atoms with Crippen LogP contribution in [0.5, 0.6) is 0 Å². The highest BCUT2D eigenvalue weighted by molar-refractivity contribution is 5.55. The van der Waals surface area contributed by atoms with Gasteiger partial charge in [0.15, 0.2) is 0 Å². The second kappa shape index (κ2) is 11.0. The molecule has 0 radical (unpaired) electrons. The third-order valence-corrected chi connectivity index (χ3v) is 2.75. The number of hydrogen-bond acceptors (Lipinski definition) is 0. The van der Waals surface area contributed by atoms with Crippen molar-refractivity contribution in [2.75, 3.05) is 0 Å². The van der Waals surface area contributed by atoms with Crippen molar-refractivity contribution in [3.8, 4) is 0 Å². The largest absolute Gasteiger partial charge is 0.0991 e. The average molecular weight is 268 g/mol. The summed E-state index contributed by atoms with van der Waals surface area (Å²) in [6.45, 7) is 14.1. The summed E-state index contributed by atoms with van der Waals surface area (Å²) in [5.41, 5.74) is 5.34. The van der Waals surface area contributed by atoms with Crippen molar-refractivity contribution in [1.82, 2.24) is 0 Å². The monoisotopic (exact) mass is 268 g/mol. The zero-order valence-corrected chi connectivity index (χ0v) is 13.6. The molecule has 1 rings (SSSR count). The lowest BCUT2D eigenvalue weighted by atomic mass is 10.1. The lowest BCUT2D eigenvalue weighted by Crippen LogP contribution is -1.78. The zero-order chi connectivity index (χ0) is 15.4. The van der Waals surface area contributed by atoms with Crippen LogP contribution in [0.1, 0.15) is 45.2 Å². The molecule has 0 bridgehead atoms. The van der Waals surface area contributed by atoms with Crippen molar-refractivity contribution in [2.24, 2.45) is 0 Å². The first-order valence-electron chi connectivity index (χ1n) is 7.19. The maximum atomic E-state index is 3.62. The van der Waals surface area contributed by atoms with Crippen LogP contribution < -0.4 is 0 Å². The standard InChI is InChI=1S/C11H14.C9H14/c1-9(2)8-11-7-5-4-6-10(11)3;1-4-7-9(6-3)8-5-2/h4-8H,1-3H3;4-5,7-8H,1,6H2,2-3H3/b;8-5-,9-7-. The first kappa shape index (κ1) is 18.2. The van der Waals surface area contributed by atoms with Crippen LogP contribution in [0.15, 0.2) is 66.3 Å². The summed E-state index contributed by atoms with van der Waals surface area (Å²) in [5.74, 6) is 0. The minimum Gasteiger partial charge on any atom is -0.0991 e. The maximum absolute atomic E-state index is 3.62. The summed E-state index contributed by atoms with van der Waals surface area (Å²) in [5, 5.41) is 0. The molecule has 0 saturated heterocycles. The van der Waals surface area contributed by atoms with Crippen molar-refractivity contribution >= 4 is 6.08 Å². The number of benzene rings is 1. The first-order chi connectivity index (χ1) is 9.54. The van der Waals surface area contributed by atoms with Gasteiger partial charge in [0.2, 0.25) is 0 Å². The van der Waals surface area contributed by atoms with Gasteiger partial charge in [-0.1, -0.05) is 73.7 Å². The summed E-state index contributed by atoms with van der Waals surface area (Å²) in [7, 11) is 0. The van der Waals surface area contributed by atoms with Gasteiger partial charge >= 0.3 is 0 Å². The van der Waals surface area contributed by atoms with E-state index in [-0.39, 0.29) is 0 Å². The molecule has 0 atom stereocenters. The van der Waals surface area contributed by atoms with E-state index in [1.54, 1.807) is 0 Å². The van der Waals surface area contributed by atoms with Crippen LogP contribution in [0.3, 0.4) is 0 Å². The van der Waals surface area contributed by atoms with E-state index < -0.39 is 0 Å². The molecular weight excluding hydrogens is 240 g/mol. The lowest BCUT2D eigenvalue weighted by molar-refractivity contribution is 1.15. The Morgan fingerprint density at radius 1 is 1.20 bits per heavy atom. The molecule has 0 spiro atoms. The topological polar surface area (TPSA) is 0 Å². The second-order valence-electron chi connectivity index (χ2n) is 4.91. The lowest BCUT2D eigenvalue weighted by Gasteiger charge is -1.98. The van der Waals surface area contributed by atoms with Crippen molar-refractivity contribution in [2.45, 2.75) is 41.0 Å². The molecule has 0 aliphatic heterocycles. The molecule has 0 amide bonds. The van der Waals surface area contributed by atoms with Gasteiger partial charge < -0.3 is 0 Å². The van der Waals surface area contributed by atoms with Gasteiger partial charge in [0, 0.05) is 0 Å². The third-order valence-electron chi connectivity index (χ3n) is 2.75. The Labute approximate surface area is 125 Å². The Balaban J connectivity index is 0.000000370. The van der Waals surface area contributed by atoms with E-state index in [9.17, 15) is 0 Å². The molecule has 0 aromatic heterocycles. The van der Waals surface area contributed by atoms with Gasteiger partial charge in [-0.3, -0.25) is 0 Å². The molecule has 20 heavy (non-hydrogen) atoms. The number of allylic oxidation sites excluding steroid dienone is 6. The van der Waals surface area contributed by atoms with Crippen LogP contribution in [0.4, 0.5) is 0 Å². The molecule has 0 heteroatoms. The van der Waals surface area contributed by atoms with Crippen molar-refractivity contribution in [1.29, 1.82) is 0 Å². The zero-order valence-electron chi connectivity index (χ0n) is 13.6. The number of hydrogen-bond donors (Lipinski definition) is 0. The molecule has 1 aromatic carbocycles. The molecule has 108 valence electrons. The van der Waals surface area contributed by atoms with Crippen LogP contribution in [0, 0.1) is 6.92 Å². The van der Waals surface area contributed by atoms with Gasteiger partial charge in [0.05, 0.1) is 0 Å². The Kier molecular flexibility index (Phi) is 10.0. The van der Waals surface area contributed by atoms with E-state index in [0.29, 0.717) is 0 Å². The molecule has 0 aliphatic rings. The van der Waals surface area contributed by atoms with E-state index in [1.807, 2.05) is 25.2 Å². The molecule has 0 heterocycles. The fourth-order valence-corrected chi connectivity index (χ4v) is 1.72. The fourth-order valence-electron chi connectivity index (χ4n) is 1.72. The van der Waals surface area contributed by atoms with Gasteiger partial charge in [-0.15, -0.1) is 0 Å². The van der Waals surface area contributed by atoms with Gasteiger partial charge in [0.25, 0.3) is 0 Å². The Morgan fingerprint density at radius 2 is 1.85 bits per heavy atom. The predicted molar refractivity (Wildman–Crippen MR) is 93.9 cm³/mol. The van der Waals surface area contributed by atoms with Crippen LogP contribution in [0.2, 0.25) is 0 Å². The predicted octanol–water partition coefficient (Wildman–Crippen LogP) is 6.50. The second-order valence-corrected chi connectivity index (χ2v) is 4.91. The van der Waals surface area contributed by atoms with Crippen LogP contribution >= 0.6 is 0 Å². The maximum Gasteiger partial charge on any atom is -0.0228 e. The molecule has 0 nitrogen and oxygen atoms in total. The Hall–Kier alpha value is -1.82. The van der Waals surface area contributed by atoms with Crippen LogP contribution in [-0.2, 0) is 0 Å². The van der Waals surface area contributed by atoms with Gasteiger partial charge in [0.1, 0.15) is 0 Å². The van der Waals surface area contributed by atoms with Crippen LogP contribution in [-0.4, -0.2) is 0 Å². The van der Waals surface area contributed by atoms with Crippen LogP contribution in [0.25, 0.3) is 6.08 Å². The molecule has 0 unspecified atom stereocenters. The summed E-state index contributed by atoms with van der Waals surface area (Å²) >= 11 is 0. The van der Waals surface area contributed by atoms with E-state index >= 15 is 0 Å². The summed E-state index contributed by atoms with van der Waals surface area (Å²) in [6, 6.07) is 8.41. The Bertz CT molecular complexity index is 481. The highest BCUT2D eigenvalue weighted by atomic mass is 14.0. The SMILES string of the molecule is C=C/C=C(\C=C/C)CC.CC(C)=Cc1ccccc1C. The van der Waals surface area contributed by atoms with E-state index in [0.717, 1.165) is 6.42 Å². The Morgan fingerprint density at radius 3 is 2.30 bits per heavy atom. The quantitative estimate of drug-likeness (QED) is 0.546. The van der Waals surface area contributed by atoms with Crippen molar-refractivity contribution in [3.63, 3.8) is 0 Å². The van der Waals surface area contributed by atoms with E-state index in [2.05, 4.69) is 70.7 Å². The molecule has 0 fully saturated rings. The highest BCUT2D eigenvalue weighted by Crippen LogP contribution is 2.10. The highest BCUT2D eigenvalue weighted by Gasteiger charge is 1.90. The number of aryl methyl sites for hydroxylation is 1. The summed E-state index contributed by atoms with van der Waals surface area (Å²) in [6.07, 6.45) is 11.3. The minimum absolute atomic E-state index is 1.08. The van der Waals surface area contributed by atoms with E-state index in [4.69, 9.17) is 0 Å². The van der Waals surface area contributed by atoms with Crippen molar-refractivity contribution in [3.05, 3.63) is 77.4 Å². The minimum atomic E-state index is 1.08. The summed E-state index contributed by atoms with van der Waals surface area (Å²) < 4.78 is 0. The third kappa shape index (κ3) is 8.31. The smallest absolute Gasteiger partial charge is 0.0228 e. The van der Waals surface area contributed by atoms with Crippen molar-refractivity contribution < 1.29 is 0 Å². The van der Waals surface area contributed by atoms with Gasteiger partial charge in [-0.25, -0.2) is 0 Å². The average Bonchev–Trinajstić information content (AvgIpc) is 2.41. The number of rotatable bonds is 4. The fraction of sp³-hybridized carbons (Fsp3) is 0.300. The molecule has 0 saturated carbocycles. The summed E-state index contributed by atoms with van der Waals surface area (Å²) in [4.78, 5) is 0. The molecule has 0 N–H and O–H groups in total.